The molecule has 1 aliphatic heterocycles. The van der Waals surface area contributed by atoms with Crippen molar-refractivity contribution < 1.29 is 44.2 Å². The van der Waals surface area contributed by atoms with Crippen LogP contribution in [0.25, 0.3) is 0 Å². The molecule has 1 atom stereocenters. The van der Waals surface area contributed by atoms with Crippen molar-refractivity contribution in [3.8, 4) is 5.75 Å². The van der Waals surface area contributed by atoms with Crippen LogP contribution in [0.4, 0.5) is 0 Å². The van der Waals surface area contributed by atoms with Crippen LogP contribution in [0.2, 0.25) is 0 Å². The second-order valence-electron chi connectivity index (χ2n) is 6.04. The number of nitrogens with zero attached hydrogens (tertiary/aromatic N) is 3. The van der Waals surface area contributed by atoms with Crippen molar-refractivity contribution in [3.05, 3.63) is 40.7 Å². The number of para-hydroxylation sites is 1. The van der Waals surface area contributed by atoms with Crippen molar-refractivity contribution in [1.82, 2.24) is 20.3 Å². The summed E-state index contributed by atoms with van der Waals surface area (Å²) in [6.07, 6.45) is 0.0485. The van der Waals surface area contributed by atoms with E-state index in [9.17, 15) is 29.3 Å². The number of aromatic carboxylic acids is 3. The van der Waals surface area contributed by atoms with E-state index < -0.39 is 54.8 Å². The Labute approximate surface area is 161 Å². The normalized spacial score (nSPS) is 15.2. The zero-order valence-corrected chi connectivity index (χ0v) is 14.5. The standard InChI is InChI=1S/C15H13BN4O9/c21-9(5-20-11(15(26)27)10(14(24)25)18-19-20)17-8-4-6-2-1-3-7(13(22)23)12(6)29-16(8)28/h1-3,8,28H,4-5H2,(H,17,21)(H,22,23)(H,24,25)(H,26,27)/t8-/m0/s1. The summed E-state index contributed by atoms with van der Waals surface area (Å²) in [7, 11) is -1.56. The number of carboxylic acid groups (broad SMARTS) is 3. The first-order valence-corrected chi connectivity index (χ1v) is 8.08. The largest absolute Gasteiger partial charge is 0.547 e. The zero-order chi connectivity index (χ0) is 21.3. The predicted octanol–water partition coefficient (Wildman–Crippen LogP) is -1.49. The van der Waals surface area contributed by atoms with E-state index in [1.165, 1.54) is 12.1 Å². The van der Waals surface area contributed by atoms with Gasteiger partial charge >= 0.3 is 25.0 Å². The molecular weight excluding hydrogens is 391 g/mol. The van der Waals surface area contributed by atoms with Gasteiger partial charge in [-0.1, -0.05) is 17.3 Å². The van der Waals surface area contributed by atoms with Crippen LogP contribution in [-0.2, 0) is 17.8 Å². The molecule has 0 radical (unpaired) electrons. The summed E-state index contributed by atoms with van der Waals surface area (Å²) < 4.78 is 5.84. The fourth-order valence-electron chi connectivity index (χ4n) is 2.88. The molecule has 2 heterocycles. The third-order valence-corrected chi connectivity index (χ3v) is 4.13. The highest BCUT2D eigenvalue weighted by Crippen LogP contribution is 2.30. The first kappa shape index (κ1) is 19.8. The molecule has 14 heteroatoms. The molecule has 5 N–H and O–H groups in total. The third kappa shape index (κ3) is 3.86. The Morgan fingerprint density at radius 1 is 1.17 bits per heavy atom. The number of nitrogens with one attached hydrogen (secondary N) is 1. The van der Waals surface area contributed by atoms with Crippen molar-refractivity contribution in [2.24, 2.45) is 0 Å². The number of carboxylic acids is 3. The number of carbonyl (C=O) groups excluding carboxylic acids is 1. The van der Waals surface area contributed by atoms with Crippen LogP contribution in [0.5, 0.6) is 5.75 Å². The maximum absolute atomic E-state index is 12.3. The van der Waals surface area contributed by atoms with Gasteiger partial charge in [0.25, 0.3) is 0 Å². The van der Waals surface area contributed by atoms with Gasteiger partial charge in [-0.3, -0.25) is 4.79 Å². The molecule has 0 saturated heterocycles. The van der Waals surface area contributed by atoms with Gasteiger partial charge in [-0.2, -0.15) is 0 Å². The van der Waals surface area contributed by atoms with Crippen molar-refractivity contribution in [2.75, 3.05) is 0 Å². The first-order valence-electron chi connectivity index (χ1n) is 8.08. The minimum absolute atomic E-state index is 0.00598. The van der Waals surface area contributed by atoms with Gasteiger partial charge in [-0.05, 0) is 18.1 Å². The van der Waals surface area contributed by atoms with Crippen LogP contribution in [0.1, 0.15) is 36.9 Å². The Morgan fingerprint density at radius 3 is 2.52 bits per heavy atom. The van der Waals surface area contributed by atoms with E-state index in [2.05, 4.69) is 15.6 Å². The third-order valence-electron chi connectivity index (χ3n) is 4.13. The average molecular weight is 404 g/mol. The first-order chi connectivity index (χ1) is 13.7. The molecule has 150 valence electrons. The average Bonchev–Trinajstić information content (AvgIpc) is 3.05. The van der Waals surface area contributed by atoms with Gasteiger partial charge in [-0.15, -0.1) is 5.10 Å². The minimum atomic E-state index is -1.63. The highest BCUT2D eigenvalue weighted by atomic mass is 16.5. The lowest BCUT2D eigenvalue weighted by atomic mass is 9.72. The molecule has 1 aliphatic rings. The van der Waals surface area contributed by atoms with Crippen molar-refractivity contribution in [1.29, 1.82) is 0 Å². The summed E-state index contributed by atoms with van der Waals surface area (Å²) >= 11 is 0. The number of rotatable bonds is 6. The Balaban J connectivity index is 1.76. The molecule has 1 aromatic heterocycles. The highest BCUT2D eigenvalue weighted by Gasteiger charge is 2.38. The van der Waals surface area contributed by atoms with Gasteiger partial charge in [-0.25, -0.2) is 19.1 Å². The lowest BCUT2D eigenvalue weighted by Gasteiger charge is -2.28. The monoisotopic (exact) mass is 404 g/mol. The number of fused-ring (bicyclic) bond motifs is 1. The lowest BCUT2D eigenvalue weighted by molar-refractivity contribution is -0.122. The molecule has 1 aromatic carbocycles. The summed E-state index contributed by atoms with van der Waals surface area (Å²) in [6.45, 7) is -0.673. The van der Waals surface area contributed by atoms with Gasteiger partial charge in [0, 0.05) is 0 Å². The predicted molar refractivity (Wildman–Crippen MR) is 91.6 cm³/mol. The SMILES string of the molecule is O=C(Cn1nnc(C(=O)O)c1C(=O)O)N[C@H]1Cc2cccc(C(=O)O)c2OB1O. The maximum Gasteiger partial charge on any atom is 0.547 e. The van der Waals surface area contributed by atoms with Crippen LogP contribution >= 0.6 is 0 Å². The van der Waals surface area contributed by atoms with Crippen molar-refractivity contribution in [2.45, 2.75) is 18.9 Å². The van der Waals surface area contributed by atoms with Gasteiger partial charge in [0.05, 0.1) is 11.5 Å². The molecule has 2 aromatic rings. The van der Waals surface area contributed by atoms with Gasteiger partial charge in [0.2, 0.25) is 11.6 Å². The number of benzene rings is 1. The van der Waals surface area contributed by atoms with Gasteiger partial charge in [0.15, 0.2) is 5.69 Å². The van der Waals surface area contributed by atoms with E-state index in [-0.39, 0.29) is 17.7 Å². The van der Waals surface area contributed by atoms with E-state index >= 15 is 0 Å². The lowest BCUT2D eigenvalue weighted by Crippen LogP contribution is -2.53. The second-order valence-corrected chi connectivity index (χ2v) is 6.04. The summed E-state index contributed by atoms with van der Waals surface area (Å²) in [5.74, 6) is -6.24. The molecule has 0 bridgehead atoms. The number of hydrogen-bond donors (Lipinski definition) is 5. The Morgan fingerprint density at radius 2 is 1.90 bits per heavy atom. The minimum Gasteiger partial charge on any atom is -0.534 e. The van der Waals surface area contributed by atoms with E-state index in [4.69, 9.17) is 14.9 Å². The molecule has 1 amide bonds. The molecule has 0 fully saturated rings. The molecule has 3 rings (SSSR count). The van der Waals surface area contributed by atoms with E-state index in [0.717, 1.165) is 0 Å². The molecular formula is C15H13BN4O9. The molecule has 0 saturated carbocycles. The summed E-state index contributed by atoms with van der Waals surface area (Å²) in [4.78, 5) is 45.8. The van der Waals surface area contributed by atoms with Crippen LogP contribution < -0.4 is 9.97 Å². The smallest absolute Gasteiger partial charge is 0.534 e. The summed E-state index contributed by atoms with van der Waals surface area (Å²) in [6, 6.07) is 4.38. The number of carbonyl (C=O) groups is 4. The molecule has 0 aliphatic carbocycles. The highest BCUT2D eigenvalue weighted by molar-refractivity contribution is 6.47. The van der Waals surface area contributed by atoms with E-state index in [1.807, 2.05) is 0 Å². The van der Waals surface area contributed by atoms with Gasteiger partial charge in [0.1, 0.15) is 12.3 Å². The van der Waals surface area contributed by atoms with Crippen LogP contribution in [0, 0.1) is 0 Å². The van der Waals surface area contributed by atoms with E-state index in [1.54, 1.807) is 6.07 Å². The molecule has 0 unspecified atom stereocenters. The fraction of sp³-hybridized carbons (Fsp3) is 0.200. The van der Waals surface area contributed by atoms with Gasteiger partial charge < -0.3 is 30.3 Å². The number of aromatic nitrogens is 3. The molecule has 0 spiro atoms. The fourth-order valence-corrected chi connectivity index (χ4v) is 2.88. The molecule has 13 nitrogen and oxygen atoms in total. The van der Waals surface area contributed by atoms with E-state index in [0.29, 0.717) is 10.2 Å². The Kier molecular flexibility index (Phi) is 5.19. The summed E-state index contributed by atoms with van der Waals surface area (Å²) in [5, 5.41) is 46.4. The van der Waals surface area contributed by atoms with Crippen LogP contribution in [0.3, 0.4) is 0 Å². The maximum atomic E-state index is 12.3. The zero-order valence-electron chi connectivity index (χ0n) is 14.5. The topological polar surface area (TPSA) is 201 Å². The van der Waals surface area contributed by atoms with Crippen molar-refractivity contribution >= 4 is 30.9 Å². The second kappa shape index (κ2) is 7.59. The quantitative estimate of drug-likeness (QED) is 0.351. The summed E-state index contributed by atoms with van der Waals surface area (Å²) in [5.41, 5.74) is -1.28. The number of hydrogen-bond acceptors (Lipinski definition) is 8. The van der Waals surface area contributed by atoms with Crippen LogP contribution in [0.15, 0.2) is 18.2 Å². The van der Waals surface area contributed by atoms with Crippen molar-refractivity contribution in [3.63, 3.8) is 0 Å². The Hall–Kier alpha value is -3.94. The molecule has 29 heavy (non-hydrogen) atoms. The number of amides is 1. The Bertz CT molecular complexity index is 1020. The van der Waals surface area contributed by atoms with Crippen LogP contribution in [-0.4, -0.2) is 72.2 Å².